The predicted octanol–water partition coefficient (Wildman–Crippen LogP) is 1.65. The first-order valence-electron chi connectivity index (χ1n) is 6.11. The Balaban J connectivity index is 2.07. The van der Waals surface area contributed by atoms with Gasteiger partial charge in [-0.2, -0.15) is 5.10 Å². The molecule has 0 bridgehead atoms. The van der Waals surface area contributed by atoms with E-state index in [1.165, 1.54) is 0 Å². The van der Waals surface area contributed by atoms with Crippen LogP contribution >= 0.6 is 0 Å². The fourth-order valence-electron chi connectivity index (χ4n) is 1.40. The summed E-state index contributed by atoms with van der Waals surface area (Å²) in [6.07, 6.45) is 4.63. The second-order valence-electron chi connectivity index (χ2n) is 3.98. The number of carbonyl (C=O) groups excluding carboxylic acids is 1. The molecule has 0 atom stereocenters. The van der Waals surface area contributed by atoms with Crippen LogP contribution in [-0.2, 0) is 4.74 Å². The standard InChI is InChI=1S/C12H21N3O2/c1-3-4-7-17-8-5-6-13-12(16)11-9-14-15-10(11)2/h9H,3-8H2,1-2H3,(H,13,16)(H,14,15). The van der Waals surface area contributed by atoms with Crippen LogP contribution in [0.1, 0.15) is 42.2 Å². The summed E-state index contributed by atoms with van der Waals surface area (Å²) in [5, 5.41) is 9.39. The van der Waals surface area contributed by atoms with Crippen LogP contribution in [0.5, 0.6) is 0 Å². The van der Waals surface area contributed by atoms with Gasteiger partial charge in [0.25, 0.3) is 5.91 Å². The van der Waals surface area contributed by atoms with Gasteiger partial charge in [-0.25, -0.2) is 0 Å². The van der Waals surface area contributed by atoms with Gasteiger partial charge < -0.3 is 10.1 Å². The van der Waals surface area contributed by atoms with E-state index in [0.29, 0.717) is 18.7 Å². The molecule has 0 aliphatic rings. The number of ether oxygens (including phenoxy) is 1. The van der Waals surface area contributed by atoms with Crippen molar-refractivity contribution in [1.82, 2.24) is 15.5 Å². The highest BCUT2D eigenvalue weighted by atomic mass is 16.5. The summed E-state index contributed by atoms with van der Waals surface area (Å²) in [6, 6.07) is 0. The number of hydrogen-bond acceptors (Lipinski definition) is 3. The molecular weight excluding hydrogens is 218 g/mol. The summed E-state index contributed by atoms with van der Waals surface area (Å²) in [7, 11) is 0. The molecule has 0 aromatic carbocycles. The van der Waals surface area contributed by atoms with Gasteiger partial charge in [-0.05, 0) is 19.8 Å². The van der Waals surface area contributed by atoms with Crippen molar-refractivity contribution in [3.05, 3.63) is 17.5 Å². The number of unbranched alkanes of at least 4 members (excludes halogenated alkanes) is 1. The Bertz CT molecular complexity index is 336. The van der Waals surface area contributed by atoms with Gasteiger partial charge in [0.15, 0.2) is 0 Å². The van der Waals surface area contributed by atoms with Crippen LogP contribution in [0.15, 0.2) is 6.20 Å². The molecule has 5 heteroatoms. The fourth-order valence-corrected chi connectivity index (χ4v) is 1.40. The van der Waals surface area contributed by atoms with Crippen molar-refractivity contribution in [3.63, 3.8) is 0 Å². The van der Waals surface area contributed by atoms with E-state index in [1.54, 1.807) is 6.20 Å². The monoisotopic (exact) mass is 239 g/mol. The number of aromatic nitrogens is 2. The van der Waals surface area contributed by atoms with Crippen LogP contribution in [0.3, 0.4) is 0 Å². The number of aromatic amines is 1. The van der Waals surface area contributed by atoms with Crippen molar-refractivity contribution in [2.75, 3.05) is 19.8 Å². The largest absolute Gasteiger partial charge is 0.381 e. The number of nitrogens with zero attached hydrogens (tertiary/aromatic N) is 1. The average molecular weight is 239 g/mol. The van der Waals surface area contributed by atoms with Crippen LogP contribution < -0.4 is 5.32 Å². The topological polar surface area (TPSA) is 67.0 Å². The first-order chi connectivity index (χ1) is 8.25. The molecule has 0 spiro atoms. The van der Waals surface area contributed by atoms with Crippen molar-refractivity contribution in [1.29, 1.82) is 0 Å². The summed E-state index contributed by atoms with van der Waals surface area (Å²) in [4.78, 5) is 11.6. The zero-order chi connectivity index (χ0) is 12.5. The lowest BCUT2D eigenvalue weighted by Crippen LogP contribution is -2.25. The molecule has 17 heavy (non-hydrogen) atoms. The molecule has 0 saturated carbocycles. The lowest BCUT2D eigenvalue weighted by atomic mass is 10.2. The quantitative estimate of drug-likeness (QED) is 0.678. The van der Waals surface area contributed by atoms with Crippen molar-refractivity contribution in [2.45, 2.75) is 33.1 Å². The van der Waals surface area contributed by atoms with E-state index >= 15 is 0 Å². The SMILES string of the molecule is CCCCOCCCNC(=O)c1cn[nH]c1C. The number of rotatable bonds is 8. The highest BCUT2D eigenvalue weighted by Gasteiger charge is 2.09. The second-order valence-corrected chi connectivity index (χ2v) is 3.98. The predicted molar refractivity (Wildman–Crippen MR) is 66.0 cm³/mol. The van der Waals surface area contributed by atoms with Crippen LogP contribution in [0.25, 0.3) is 0 Å². The average Bonchev–Trinajstić information content (AvgIpc) is 2.74. The summed E-state index contributed by atoms with van der Waals surface area (Å²) in [5.74, 6) is -0.0789. The maximum absolute atomic E-state index is 11.6. The molecule has 1 amide bonds. The number of hydrogen-bond donors (Lipinski definition) is 2. The van der Waals surface area contributed by atoms with Crippen molar-refractivity contribution in [2.24, 2.45) is 0 Å². The van der Waals surface area contributed by atoms with E-state index in [0.717, 1.165) is 31.6 Å². The number of nitrogens with one attached hydrogen (secondary N) is 2. The van der Waals surface area contributed by atoms with Gasteiger partial charge in [0, 0.05) is 25.5 Å². The second kappa shape index (κ2) is 7.84. The minimum atomic E-state index is -0.0789. The third-order valence-electron chi connectivity index (χ3n) is 2.47. The highest BCUT2D eigenvalue weighted by Crippen LogP contribution is 2.01. The van der Waals surface area contributed by atoms with Gasteiger partial charge in [-0.1, -0.05) is 13.3 Å². The van der Waals surface area contributed by atoms with Crippen LogP contribution in [-0.4, -0.2) is 35.9 Å². The Kier molecular flexibility index (Phi) is 6.32. The smallest absolute Gasteiger partial charge is 0.254 e. The summed E-state index contributed by atoms with van der Waals surface area (Å²) in [6.45, 7) is 6.11. The van der Waals surface area contributed by atoms with Crippen LogP contribution in [0.2, 0.25) is 0 Å². The zero-order valence-electron chi connectivity index (χ0n) is 10.6. The maximum atomic E-state index is 11.6. The van der Waals surface area contributed by atoms with E-state index in [2.05, 4.69) is 22.4 Å². The third kappa shape index (κ3) is 4.99. The number of amides is 1. The van der Waals surface area contributed by atoms with Gasteiger partial charge >= 0.3 is 0 Å². The van der Waals surface area contributed by atoms with Gasteiger partial charge in [0.05, 0.1) is 11.8 Å². The Hall–Kier alpha value is -1.36. The zero-order valence-corrected chi connectivity index (χ0v) is 10.6. The lowest BCUT2D eigenvalue weighted by Gasteiger charge is -2.05. The van der Waals surface area contributed by atoms with Gasteiger partial charge in [-0.3, -0.25) is 9.89 Å². The normalized spacial score (nSPS) is 10.5. The maximum Gasteiger partial charge on any atom is 0.254 e. The molecule has 96 valence electrons. The Morgan fingerprint density at radius 3 is 2.88 bits per heavy atom. The highest BCUT2D eigenvalue weighted by molar-refractivity contribution is 5.94. The van der Waals surface area contributed by atoms with Crippen molar-refractivity contribution < 1.29 is 9.53 Å². The summed E-state index contributed by atoms with van der Waals surface area (Å²) < 4.78 is 5.40. The van der Waals surface area contributed by atoms with Crippen LogP contribution in [0.4, 0.5) is 0 Å². The molecule has 0 saturated heterocycles. The molecule has 1 heterocycles. The minimum Gasteiger partial charge on any atom is -0.381 e. The summed E-state index contributed by atoms with van der Waals surface area (Å²) >= 11 is 0. The minimum absolute atomic E-state index is 0.0789. The molecule has 0 unspecified atom stereocenters. The van der Waals surface area contributed by atoms with E-state index in [-0.39, 0.29) is 5.91 Å². The van der Waals surface area contributed by atoms with Crippen molar-refractivity contribution in [3.8, 4) is 0 Å². The molecule has 1 aromatic rings. The number of carbonyl (C=O) groups is 1. The van der Waals surface area contributed by atoms with E-state index in [9.17, 15) is 4.79 Å². The Morgan fingerprint density at radius 2 is 2.24 bits per heavy atom. The van der Waals surface area contributed by atoms with Gasteiger partial charge in [0.1, 0.15) is 0 Å². The number of aryl methyl sites for hydroxylation is 1. The molecule has 0 fully saturated rings. The van der Waals surface area contributed by atoms with E-state index < -0.39 is 0 Å². The molecule has 0 aliphatic carbocycles. The van der Waals surface area contributed by atoms with Crippen LogP contribution in [0, 0.1) is 6.92 Å². The summed E-state index contributed by atoms with van der Waals surface area (Å²) in [5.41, 5.74) is 1.40. The molecule has 1 aromatic heterocycles. The Morgan fingerprint density at radius 1 is 1.47 bits per heavy atom. The molecule has 1 rings (SSSR count). The van der Waals surface area contributed by atoms with Gasteiger partial charge in [0.2, 0.25) is 0 Å². The van der Waals surface area contributed by atoms with E-state index in [4.69, 9.17) is 4.74 Å². The molecular formula is C12H21N3O2. The Labute approximate surface area is 102 Å². The molecule has 0 radical (unpaired) electrons. The fraction of sp³-hybridized carbons (Fsp3) is 0.667. The molecule has 5 nitrogen and oxygen atoms in total. The van der Waals surface area contributed by atoms with Crippen molar-refractivity contribution >= 4 is 5.91 Å². The van der Waals surface area contributed by atoms with Gasteiger partial charge in [-0.15, -0.1) is 0 Å². The lowest BCUT2D eigenvalue weighted by molar-refractivity contribution is 0.0940. The molecule has 2 N–H and O–H groups in total. The first kappa shape index (κ1) is 13.7. The first-order valence-corrected chi connectivity index (χ1v) is 6.11. The third-order valence-corrected chi connectivity index (χ3v) is 2.47. The van der Waals surface area contributed by atoms with E-state index in [1.807, 2.05) is 6.92 Å². The molecule has 0 aliphatic heterocycles. The number of H-pyrrole nitrogens is 1.